The highest BCUT2D eigenvalue weighted by Crippen LogP contribution is 2.38. The molecule has 0 radical (unpaired) electrons. The molecule has 2 aromatic carbocycles. The number of carbonyl (C=O) groups excluding carboxylic acids is 1. The van der Waals surface area contributed by atoms with E-state index in [1.165, 1.54) is 16.7 Å². The van der Waals surface area contributed by atoms with Crippen molar-refractivity contribution in [1.29, 1.82) is 0 Å². The topological polar surface area (TPSA) is 59.6 Å². The number of fused-ring (bicyclic) bond motifs is 1. The summed E-state index contributed by atoms with van der Waals surface area (Å²) in [5.74, 6) is 1.22. The van der Waals surface area contributed by atoms with Gasteiger partial charge in [0.05, 0.1) is 12.2 Å². The zero-order valence-electron chi connectivity index (χ0n) is 15.2. The molecule has 0 fully saturated rings. The Labute approximate surface area is 162 Å². The van der Waals surface area contributed by atoms with E-state index in [1.54, 1.807) is 6.07 Å². The summed E-state index contributed by atoms with van der Waals surface area (Å²) in [4.78, 5) is 12.4. The summed E-state index contributed by atoms with van der Waals surface area (Å²) in [5, 5.41) is 6.19. The maximum Gasteiger partial charge on any atom is 0.238 e. The number of benzene rings is 2. The Kier molecular flexibility index (Phi) is 5.84. The number of anilines is 1. The minimum absolute atomic E-state index is 0.0874. The Morgan fingerprint density at radius 1 is 1.15 bits per heavy atom. The van der Waals surface area contributed by atoms with Crippen LogP contribution in [0.5, 0.6) is 11.5 Å². The molecule has 3 rings (SSSR count). The van der Waals surface area contributed by atoms with E-state index in [4.69, 9.17) is 9.47 Å². The molecule has 26 heavy (non-hydrogen) atoms. The molecule has 1 unspecified atom stereocenters. The lowest BCUT2D eigenvalue weighted by Crippen LogP contribution is -2.30. The predicted octanol–water partition coefficient (Wildman–Crippen LogP) is 4.13. The normalized spacial score (nSPS) is 14.0. The summed E-state index contributed by atoms with van der Waals surface area (Å²) in [6, 6.07) is 10.0. The minimum atomic E-state index is -0.112. The van der Waals surface area contributed by atoms with Crippen LogP contribution in [-0.4, -0.2) is 25.7 Å². The van der Waals surface area contributed by atoms with Gasteiger partial charge in [-0.1, -0.05) is 23.8 Å². The van der Waals surface area contributed by atoms with Crippen molar-refractivity contribution < 1.29 is 14.3 Å². The number of ether oxygens (including phenoxy) is 2. The van der Waals surface area contributed by atoms with E-state index >= 15 is 0 Å². The van der Waals surface area contributed by atoms with Crippen molar-refractivity contribution >= 4 is 27.5 Å². The highest BCUT2D eigenvalue weighted by molar-refractivity contribution is 9.10. The van der Waals surface area contributed by atoms with Gasteiger partial charge in [0, 0.05) is 22.6 Å². The summed E-state index contributed by atoms with van der Waals surface area (Å²) in [6.45, 7) is 7.48. The van der Waals surface area contributed by atoms with E-state index in [1.807, 2.05) is 6.07 Å². The van der Waals surface area contributed by atoms with Gasteiger partial charge in [0.1, 0.15) is 13.2 Å². The Hall–Kier alpha value is -2.05. The standard InChI is InChI=1S/C20H23BrN2O3/c1-12-4-5-13(2)15(8-12)14(3)22-11-20(24)23-17-10-19-18(9-16(17)21)25-6-7-26-19/h4-5,8-10,14,22H,6-7,11H2,1-3H3,(H,23,24). The molecule has 0 spiro atoms. The van der Waals surface area contributed by atoms with Crippen LogP contribution in [0.1, 0.15) is 29.7 Å². The van der Waals surface area contributed by atoms with Gasteiger partial charge in [-0.2, -0.15) is 0 Å². The largest absolute Gasteiger partial charge is 0.486 e. The maximum atomic E-state index is 12.4. The van der Waals surface area contributed by atoms with Gasteiger partial charge in [-0.25, -0.2) is 0 Å². The van der Waals surface area contributed by atoms with E-state index in [9.17, 15) is 4.79 Å². The van der Waals surface area contributed by atoms with Crippen LogP contribution in [0.2, 0.25) is 0 Å². The van der Waals surface area contributed by atoms with Crippen LogP contribution in [-0.2, 0) is 4.79 Å². The van der Waals surface area contributed by atoms with Crippen LogP contribution in [0.25, 0.3) is 0 Å². The van der Waals surface area contributed by atoms with Gasteiger partial charge in [0.2, 0.25) is 5.91 Å². The molecule has 1 aliphatic heterocycles. The molecule has 0 saturated heterocycles. The Morgan fingerprint density at radius 3 is 2.58 bits per heavy atom. The molecule has 0 saturated carbocycles. The van der Waals surface area contributed by atoms with Crippen molar-refractivity contribution in [3.63, 3.8) is 0 Å². The molecule has 1 heterocycles. The van der Waals surface area contributed by atoms with Crippen molar-refractivity contribution in [3.05, 3.63) is 51.5 Å². The molecule has 1 aliphatic rings. The lowest BCUT2D eigenvalue weighted by molar-refractivity contribution is -0.115. The third kappa shape index (κ3) is 4.37. The summed E-state index contributed by atoms with van der Waals surface area (Å²) < 4.78 is 11.9. The summed E-state index contributed by atoms with van der Waals surface area (Å²) >= 11 is 3.47. The molecule has 0 bridgehead atoms. The quantitative estimate of drug-likeness (QED) is 0.766. The van der Waals surface area contributed by atoms with Gasteiger partial charge in [-0.15, -0.1) is 0 Å². The maximum absolute atomic E-state index is 12.4. The second kappa shape index (κ2) is 8.10. The summed E-state index contributed by atoms with van der Waals surface area (Å²) in [5.41, 5.74) is 4.30. The average Bonchev–Trinajstić information content (AvgIpc) is 2.62. The number of hydrogen-bond acceptors (Lipinski definition) is 4. The van der Waals surface area contributed by atoms with Gasteiger partial charge >= 0.3 is 0 Å². The Balaban J connectivity index is 1.61. The fraction of sp³-hybridized carbons (Fsp3) is 0.350. The molecular weight excluding hydrogens is 396 g/mol. The monoisotopic (exact) mass is 418 g/mol. The fourth-order valence-electron chi connectivity index (χ4n) is 2.94. The first-order valence-corrected chi connectivity index (χ1v) is 9.43. The van der Waals surface area contributed by atoms with Crippen LogP contribution < -0.4 is 20.1 Å². The SMILES string of the molecule is Cc1ccc(C)c(C(C)NCC(=O)Nc2cc3c(cc2Br)OCCO3)c1. The van der Waals surface area contributed by atoms with Crippen molar-refractivity contribution in [2.45, 2.75) is 26.8 Å². The van der Waals surface area contributed by atoms with Gasteiger partial charge < -0.3 is 20.1 Å². The van der Waals surface area contributed by atoms with E-state index in [0.29, 0.717) is 30.4 Å². The molecule has 6 heteroatoms. The summed E-state index contributed by atoms with van der Waals surface area (Å²) in [7, 11) is 0. The first kappa shape index (κ1) is 18.7. The first-order chi connectivity index (χ1) is 12.4. The smallest absolute Gasteiger partial charge is 0.238 e. The van der Waals surface area contributed by atoms with Crippen LogP contribution >= 0.6 is 15.9 Å². The lowest BCUT2D eigenvalue weighted by Gasteiger charge is -2.20. The minimum Gasteiger partial charge on any atom is -0.486 e. The number of rotatable bonds is 5. The zero-order valence-corrected chi connectivity index (χ0v) is 16.8. The third-order valence-corrected chi connectivity index (χ3v) is 5.03. The molecule has 0 aromatic heterocycles. The molecule has 1 amide bonds. The summed E-state index contributed by atoms with van der Waals surface area (Å²) in [6.07, 6.45) is 0. The molecule has 2 N–H and O–H groups in total. The molecule has 1 atom stereocenters. The predicted molar refractivity (Wildman–Crippen MR) is 106 cm³/mol. The van der Waals surface area contributed by atoms with Crippen LogP contribution in [0.15, 0.2) is 34.8 Å². The van der Waals surface area contributed by atoms with Crippen LogP contribution in [0.4, 0.5) is 5.69 Å². The number of aryl methyl sites for hydroxylation is 2. The number of amides is 1. The van der Waals surface area contributed by atoms with Gasteiger partial charge in [-0.3, -0.25) is 4.79 Å². The zero-order chi connectivity index (χ0) is 18.7. The van der Waals surface area contributed by atoms with Crippen molar-refractivity contribution in [1.82, 2.24) is 5.32 Å². The number of hydrogen-bond donors (Lipinski definition) is 2. The first-order valence-electron chi connectivity index (χ1n) is 8.63. The molecule has 0 aliphatic carbocycles. The molecule has 2 aromatic rings. The highest BCUT2D eigenvalue weighted by atomic mass is 79.9. The highest BCUT2D eigenvalue weighted by Gasteiger charge is 2.17. The van der Waals surface area contributed by atoms with Crippen molar-refractivity contribution in [2.24, 2.45) is 0 Å². The van der Waals surface area contributed by atoms with E-state index in [0.717, 1.165) is 4.47 Å². The fourth-order valence-corrected chi connectivity index (χ4v) is 3.36. The van der Waals surface area contributed by atoms with Gasteiger partial charge in [0.25, 0.3) is 0 Å². The number of halogens is 1. The Bertz CT molecular complexity index is 823. The Morgan fingerprint density at radius 2 is 1.85 bits per heavy atom. The van der Waals surface area contributed by atoms with E-state index in [2.05, 4.69) is 65.5 Å². The number of carbonyl (C=O) groups is 1. The van der Waals surface area contributed by atoms with E-state index < -0.39 is 0 Å². The third-order valence-electron chi connectivity index (χ3n) is 4.38. The average molecular weight is 419 g/mol. The van der Waals surface area contributed by atoms with Crippen LogP contribution in [0, 0.1) is 13.8 Å². The van der Waals surface area contributed by atoms with Crippen molar-refractivity contribution in [2.75, 3.05) is 25.1 Å². The van der Waals surface area contributed by atoms with Crippen molar-refractivity contribution in [3.8, 4) is 11.5 Å². The van der Waals surface area contributed by atoms with Gasteiger partial charge in [-0.05, 0) is 47.8 Å². The van der Waals surface area contributed by atoms with Crippen LogP contribution in [0.3, 0.4) is 0 Å². The second-order valence-electron chi connectivity index (χ2n) is 6.49. The number of nitrogens with one attached hydrogen (secondary N) is 2. The second-order valence-corrected chi connectivity index (χ2v) is 7.34. The molecular formula is C20H23BrN2O3. The lowest BCUT2D eigenvalue weighted by atomic mass is 10.00. The molecule has 5 nitrogen and oxygen atoms in total. The molecule has 138 valence electrons. The van der Waals surface area contributed by atoms with Gasteiger partial charge in [0.15, 0.2) is 11.5 Å². The van der Waals surface area contributed by atoms with E-state index in [-0.39, 0.29) is 18.5 Å².